The Hall–Kier alpha value is -0.775. The van der Waals surface area contributed by atoms with Gasteiger partial charge in [0.1, 0.15) is 11.5 Å². The van der Waals surface area contributed by atoms with Gasteiger partial charge in [0.25, 0.3) is 0 Å². The highest BCUT2D eigenvalue weighted by Gasteiger charge is 2.35. The lowest BCUT2D eigenvalue weighted by molar-refractivity contribution is 0.426. The Balaban J connectivity index is 2.19. The summed E-state index contributed by atoms with van der Waals surface area (Å²) in [6.07, 6.45) is 4.20. The summed E-state index contributed by atoms with van der Waals surface area (Å²) in [5, 5.41) is 0. The third-order valence-corrected chi connectivity index (χ3v) is 3.95. The fourth-order valence-corrected chi connectivity index (χ4v) is 2.91. The molecule has 2 rings (SSSR count). The van der Waals surface area contributed by atoms with E-state index in [-0.39, 0.29) is 27.8 Å². The Bertz CT molecular complexity index is 377. The van der Waals surface area contributed by atoms with Crippen molar-refractivity contribution in [3.05, 3.63) is 46.4 Å². The SMILES string of the molecule is C=C1OB(C2=CC(C)=IC=C2)OC1=C. The van der Waals surface area contributed by atoms with Crippen LogP contribution in [0.2, 0.25) is 0 Å². The number of rotatable bonds is 1. The Morgan fingerprint density at radius 1 is 1.29 bits per heavy atom. The van der Waals surface area contributed by atoms with E-state index in [1.54, 1.807) is 0 Å². The van der Waals surface area contributed by atoms with Crippen molar-refractivity contribution in [1.29, 1.82) is 0 Å². The maximum Gasteiger partial charge on any atom is 0.632 e. The minimum Gasteiger partial charge on any atom is -0.520 e. The molecule has 0 spiro atoms. The van der Waals surface area contributed by atoms with Crippen molar-refractivity contribution >= 4 is 31.4 Å². The summed E-state index contributed by atoms with van der Waals surface area (Å²) >= 11 is 0.0902. The lowest BCUT2D eigenvalue weighted by Gasteiger charge is -2.07. The molecule has 0 amide bonds. The van der Waals surface area contributed by atoms with Gasteiger partial charge in [0.05, 0.1) is 0 Å². The van der Waals surface area contributed by atoms with Gasteiger partial charge in [-0.15, -0.1) is 0 Å². The van der Waals surface area contributed by atoms with Crippen molar-refractivity contribution < 1.29 is 9.31 Å². The molecule has 72 valence electrons. The molecular formula is C10H10BIO2. The van der Waals surface area contributed by atoms with E-state index in [9.17, 15) is 0 Å². The highest BCUT2D eigenvalue weighted by molar-refractivity contribution is 14.2. The fraction of sp³-hybridized carbons (Fsp3) is 0.100. The van der Waals surface area contributed by atoms with Crippen LogP contribution in [-0.2, 0) is 9.31 Å². The van der Waals surface area contributed by atoms with E-state index in [4.69, 9.17) is 9.31 Å². The highest BCUT2D eigenvalue weighted by Crippen LogP contribution is 2.27. The first-order valence-corrected chi connectivity index (χ1v) is 6.56. The minimum atomic E-state index is -0.342. The van der Waals surface area contributed by atoms with E-state index >= 15 is 0 Å². The van der Waals surface area contributed by atoms with Gasteiger partial charge in [0.2, 0.25) is 0 Å². The molecule has 14 heavy (non-hydrogen) atoms. The second-order valence-electron chi connectivity index (χ2n) is 3.05. The molecule has 0 aliphatic carbocycles. The standard InChI is InChI=1S/C10H10BIO2/c1-7-6-10(4-5-12-7)11-13-8(2)9(3)14-11/h4-6H,2-3H2,1H3. The molecule has 0 aromatic carbocycles. The van der Waals surface area contributed by atoms with E-state index in [1.165, 1.54) is 3.51 Å². The number of halogens is 1. The van der Waals surface area contributed by atoms with Gasteiger partial charge in [0.15, 0.2) is 0 Å². The van der Waals surface area contributed by atoms with Crippen LogP contribution in [0.15, 0.2) is 46.4 Å². The number of hydrogen-bond acceptors (Lipinski definition) is 2. The second-order valence-corrected chi connectivity index (χ2v) is 6.09. The number of hydrogen-bond donors (Lipinski definition) is 0. The Labute approximate surface area is 93.9 Å². The lowest BCUT2D eigenvalue weighted by atomic mass is 9.78. The van der Waals surface area contributed by atoms with Gasteiger partial charge in [-0.1, -0.05) is 46.0 Å². The van der Waals surface area contributed by atoms with Crippen LogP contribution in [0.1, 0.15) is 6.92 Å². The first kappa shape index (κ1) is 9.77. The quantitative estimate of drug-likeness (QED) is 0.547. The third kappa shape index (κ3) is 1.84. The Morgan fingerprint density at radius 3 is 2.50 bits per heavy atom. The lowest BCUT2D eigenvalue weighted by Crippen LogP contribution is -2.17. The van der Waals surface area contributed by atoms with E-state index < -0.39 is 0 Å². The van der Waals surface area contributed by atoms with Crippen LogP contribution in [-0.4, -0.2) is 10.6 Å². The smallest absolute Gasteiger partial charge is 0.520 e. The van der Waals surface area contributed by atoms with Crippen LogP contribution in [0.3, 0.4) is 0 Å². The van der Waals surface area contributed by atoms with Crippen LogP contribution in [0.5, 0.6) is 0 Å². The summed E-state index contributed by atoms with van der Waals surface area (Å²) in [6, 6.07) is 0. The van der Waals surface area contributed by atoms with Gasteiger partial charge < -0.3 is 9.31 Å². The van der Waals surface area contributed by atoms with Gasteiger partial charge >= 0.3 is 7.12 Å². The minimum absolute atomic E-state index is 0.0902. The van der Waals surface area contributed by atoms with E-state index in [2.05, 4.69) is 36.3 Å². The van der Waals surface area contributed by atoms with Crippen LogP contribution in [0.4, 0.5) is 0 Å². The van der Waals surface area contributed by atoms with E-state index in [0.717, 1.165) is 5.47 Å². The predicted octanol–water partition coefficient (Wildman–Crippen LogP) is 2.70. The fourth-order valence-electron chi connectivity index (χ4n) is 1.21. The summed E-state index contributed by atoms with van der Waals surface area (Å²) in [4.78, 5) is 0. The van der Waals surface area contributed by atoms with E-state index in [1.807, 2.05) is 0 Å². The molecule has 2 aliphatic rings. The summed E-state index contributed by atoms with van der Waals surface area (Å²) in [5.41, 5.74) is 1.05. The zero-order valence-electron chi connectivity index (χ0n) is 7.92. The first-order valence-electron chi connectivity index (χ1n) is 4.23. The molecule has 0 saturated carbocycles. The van der Waals surface area contributed by atoms with E-state index in [0.29, 0.717) is 11.5 Å². The van der Waals surface area contributed by atoms with Crippen molar-refractivity contribution in [2.45, 2.75) is 6.92 Å². The summed E-state index contributed by atoms with van der Waals surface area (Å²) < 4.78 is 14.5. The molecule has 2 nitrogen and oxygen atoms in total. The molecule has 0 aromatic heterocycles. The molecule has 4 heteroatoms. The van der Waals surface area contributed by atoms with Crippen LogP contribution in [0, 0.1) is 0 Å². The van der Waals surface area contributed by atoms with Crippen molar-refractivity contribution in [2.24, 2.45) is 0 Å². The number of allylic oxidation sites excluding steroid dienone is 3. The zero-order valence-corrected chi connectivity index (χ0v) is 10.1. The maximum atomic E-state index is 5.42. The average Bonchev–Trinajstić information content (AvgIpc) is 2.47. The van der Waals surface area contributed by atoms with Gasteiger partial charge in [0, 0.05) is 5.47 Å². The molecule has 0 radical (unpaired) electrons. The molecule has 0 unspecified atom stereocenters. The van der Waals surface area contributed by atoms with Gasteiger partial charge in [-0.05, 0) is 14.5 Å². The molecule has 0 aromatic rings. The molecule has 2 aliphatic heterocycles. The molecular weight excluding hydrogens is 290 g/mol. The zero-order chi connectivity index (χ0) is 10.1. The van der Waals surface area contributed by atoms with Gasteiger partial charge in [-0.2, -0.15) is 0 Å². The monoisotopic (exact) mass is 300 g/mol. The normalized spacial score (nSPS) is 20.8. The van der Waals surface area contributed by atoms with Gasteiger partial charge in [-0.25, -0.2) is 0 Å². The highest BCUT2D eigenvalue weighted by atomic mass is 127. The van der Waals surface area contributed by atoms with Crippen molar-refractivity contribution in [3.63, 3.8) is 0 Å². The molecule has 0 atom stereocenters. The largest absolute Gasteiger partial charge is 0.632 e. The molecule has 1 fully saturated rings. The topological polar surface area (TPSA) is 18.5 Å². The van der Waals surface area contributed by atoms with Gasteiger partial charge in [-0.3, -0.25) is 0 Å². The third-order valence-electron chi connectivity index (χ3n) is 1.94. The maximum absolute atomic E-state index is 5.42. The Morgan fingerprint density at radius 2 is 1.93 bits per heavy atom. The van der Waals surface area contributed by atoms with Crippen molar-refractivity contribution in [3.8, 4) is 0 Å². The van der Waals surface area contributed by atoms with Crippen LogP contribution < -0.4 is 0 Å². The average molecular weight is 300 g/mol. The van der Waals surface area contributed by atoms with Crippen LogP contribution >= 0.6 is 20.7 Å². The predicted molar refractivity (Wildman–Crippen MR) is 68.1 cm³/mol. The molecule has 1 saturated heterocycles. The van der Waals surface area contributed by atoms with Crippen molar-refractivity contribution in [2.75, 3.05) is 0 Å². The summed E-state index contributed by atoms with van der Waals surface area (Å²) in [6.45, 7) is 9.54. The summed E-state index contributed by atoms with van der Waals surface area (Å²) in [7, 11) is -0.342. The van der Waals surface area contributed by atoms with Crippen LogP contribution in [0.25, 0.3) is 0 Å². The first-order chi connectivity index (χ1) is 6.66. The second kappa shape index (κ2) is 3.77. The molecule has 0 bridgehead atoms. The molecule has 0 N–H and O–H groups in total. The Kier molecular flexibility index (Phi) is 2.63. The van der Waals surface area contributed by atoms with Crippen molar-refractivity contribution in [1.82, 2.24) is 0 Å². The molecule has 2 heterocycles. The summed E-state index contributed by atoms with van der Waals surface area (Å²) in [5.74, 6) is 1.06.